The Kier molecular flexibility index (Phi) is 9.32. The maximum Gasteiger partial charge on any atom is 0.216 e. The first-order valence-corrected chi connectivity index (χ1v) is 17.2. The lowest BCUT2D eigenvalue weighted by molar-refractivity contribution is -0.0533. The summed E-state index contributed by atoms with van der Waals surface area (Å²) in [5.41, 5.74) is 3.78. The Morgan fingerprint density at radius 2 is 1.85 bits per heavy atom. The lowest BCUT2D eigenvalue weighted by Gasteiger charge is -2.42. The third-order valence-corrected chi connectivity index (χ3v) is 11.6. The van der Waals surface area contributed by atoms with Gasteiger partial charge in [0.25, 0.3) is 0 Å². The van der Waals surface area contributed by atoms with Gasteiger partial charge in [-0.25, -0.2) is 8.42 Å². The quantitative estimate of drug-likeness (QED) is 0.433. The van der Waals surface area contributed by atoms with Crippen molar-refractivity contribution in [2.75, 3.05) is 19.7 Å². The Morgan fingerprint density at radius 1 is 1.10 bits per heavy atom. The average Bonchev–Trinajstić information content (AvgIpc) is 3.23. The molecule has 4 fully saturated rings. The predicted octanol–water partition coefficient (Wildman–Crippen LogP) is 3.90. The van der Waals surface area contributed by atoms with E-state index in [0.29, 0.717) is 30.5 Å². The number of hydrogen-bond acceptors (Lipinski definition) is 7. The molecule has 4 aliphatic rings. The van der Waals surface area contributed by atoms with Gasteiger partial charge < -0.3 is 10.1 Å². The molecule has 8 nitrogen and oxygen atoms in total. The highest BCUT2D eigenvalue weighted by molar-refractivity contribution is 7.90. The van der Waals surface area contributed by atoms with E-state index >= 15 is 0 Å². The van der Waals surface area contributed by atoms with Crippen LogP contribution in [0.5, 0.6) is 0 Å². The van der Waals surface area contributed by atoms with Crippen molar-refractivity contribution in [2.45, 2.75) is 128 Å². The molecule has 3 aliphatic heterocycles. The van der Waals surface area contributed by atoms with E-state index in [0.717, 1.165) is 58.0 Å². The summed E-state index contributed by atoms with van der Waals surface area (Å²) < 4.78 is 37.3. The minimum Gasteiger partial charge on any atom is -0.362 e. The van der Waals surface area contributed by atoms with Gasteiger partial charge in [-0.05, 0) is 88.3 Å². The molecule has 4 N–H and O–H groups in total. The molecule has 40 heavy (non-hydrogen) atoms. The van der Waals surface area contributed by atoms with E-state index in [1.807, 2.05) is 0 Å². The number of rotatable bonds is 4. The van der Waals surface area contributed by atoms with E-state index in [1.54, 1.807) is 0 Å². The Labute approximate surface area is 242 Å². The molecule has 6 unspecified atom stereocenters. The Hall–Kier alpha value is -1.07. The van der Waals surface area contributed by atoms with E-state index in [9.17, 15) is 8.42 Å². The van der Waals surface area contributed by atoms with E-state index in [2.05, 4.69) is 85.3 Å². The molecule has 0 spiro atoms. The highest BCUT2D eigenvalue weighted by Gasteiger charge is 2.42. The normalized spacial score (nSPS) is 36.9. The van der Waals surface area contributed by atoms with Crippen LogP contribution in [0.2, 0.25) is 0 Å². The number of aryl methyl sites for hydroxylation is 2. The number of fused-ring (bicyclic) bond motifs is 4. The molecule has 5 rings (SSSR count). The maximum atomic E-state index is 13.8. The van der Waals surface area contributed by atoms with Gasteiger partial charge in [-0.3, -0.25) is 15.5 Å². The number of ether oxygens (including phenoxy) is 1. The van der Waals surface area contributed by atoms with Crippen LogP contribution in [0.3, 0.4) is 0 Å². The first-order valence-electron chi connectivity index (χ1n) is 15.6. The molecule has 4 bridgehead atoms. The molecular weight excluding hydrogens is 522 g/mol. The van der Waals surface area contributed by atoms with Gasteiger partial charge in [0.05, 0.1) is 11.9 Å². The second-order valence-electron chi connectivity index (χ2n) is 14.1. The molecule has 1 saturated carbocycles. The maximum absolute atomic E-state index is 13.8. The summed E-state index contributed by atoms with van der Waals surface area (Å²) in [5, 5.41) is 10.4. The Balaban J connectivity index is 1.48. The predicted molar refractivity (Wildman–Crippen MR) is 161 cm³/mol. The monoisotopic (exact) mass is 575 g/mol. The molecule has 0 aromatic heterocycles. The van der Waals surface area contributed by atoms with Crippen molar-refractivity contribution >= 4 is 10.0 Å². The standard InChI is InChI=1S/C31H53N5O3S/c1-20(2)13-24-19-39-28-15-27(29-21(3)9-7-10-22(29)4)33-30(34-28)35-40(37,38)26-12-8-11-23(14-26)18-36(24)25-16-31(5,6)32-17-25/h7,9-10,20,23-28,30,32-35H,8,11-19H2,1-6H3/t23?,24-,25?,26?,27?,28?,30?/m1/s1. The third kappa shape index (κ3) is 7.10. The first-order chi connectivity index (χ1) is 18.9. The molecule has 0 radical (unpaired) electrons. The third-order valence-electron chi connectivity index (χ3n) is 9.72. The molecule has 1 aliphatic carbocycles. The summed E-state index contributed by atoms with van der Waals surface area (Å²) in [6.45, 7) is 16.0. The molecule has 226 valence electrons. The smallest absolute Gasteiger partial charge is 0.216 e. The lowest BCUT2D eigenvalue weighted by Crippen LogP contribution is -2.64. The highest BCUT2D eigenvalue weighted by atomic mass is 32.2. The molecule has 1 aromatic carbocycles. The van der Waals surface area contributed by atoms with Gasteiger partial charge in [0.2, 0.25) is 10.0 Å². The fourth-order valence-corrected chi connectivity index (χ4v) is 9.48. The zero-order chi connectivity index (χ0) is 28.7. The number of nitrogens with zero attached hydrogens (tertiary/aromatic N) is 1. The van der Waals surface area contributed by atoms with Crippen molar-refractivity contribution in [3.63, 3.8) is 0 Å². The molecular formula is C31H53N5O3S. The number of nitrogens with one attached hydrogen (secondary N) is 4. The zero-order valence-corrected chi connectivity index (χ0v) is 26.3. The van der Waals surface area contributed by atoms with Crippen molar-refractivity contribution in [3.8, 4) is 0 Å². The lowest BCUT2D eigenvalue weighted by atomic mass is 9.87. The van der Waals surface area contributed by atoms with Crippen LogP contribution < -0.4 is 20.7 Å². The van der Waals surface area contributed by atoms with Crippen molar-refractivity contribution in [1.82, 2.24) is 25.6 Å². The van der Waals surface area contributed by atoms with Crippen LogP contribution in [0.1, 0.15) is 95.4 Å². The second kappa shape index (κ2) is 12.3. The molecule has 0 amide bonds. The van der Waals surface area contributed by atoms with Crippen molar-refractivity contribution in [2.24, 2.45) is 11.8 Å². The van der Waals surface area contributed by atoms with Crippen molar-refractivity contribution in [3.05, 3.63) is 34.9 Å². The van der Waals surface area contributed by atoms with Gasteiger partial charge in [0.1, 0.15) is 12.5 Å². The minimum atomic E-state index is -3.52. The van der Waals surface area contributed by atoms with Gasteiger partial charge in [-0.2, -0.15) is 4.72 Å². The number of hydrogen-bond donors (Lipinski definition) is 4. The van der Waals surface area contributed by atoms with Crippen LogP contribution in [-0.2, 0) is 14.8 Å². The van der Waals surface area contributed by atoms with Gasteiger partial charge in [0.15, 0.2) is 0 Å². The summed E-state index contributed by atoms with van der Waals surface area (Å²) in [5.74, 6) is 0.920. The molecule has 7 atom stereocenters. The van der Waals surface area contributed by atoms with Gasteiger partial charge in [-0.15, -0.1) is 0 Å². The highest BCUT2D eigenvalue weighted by Crippen LogP contribution is 2.35. The molecule has 9 heteroatoms. The minimum absolute atomic E-state index is 0.0103. The zero-order valence-electron chi connectivity index (χ0n) is 25.5. The van der Waals surface area contributed by atoms with Crippen molar-refractivity contribution in [1.29, 1.82) is 0 Å². The van der Waals surface area contributed by atoms with E-state index in [1.165, 1.54) is 16.7 Å². The topological polar surface area (TPSA) is 94.7 Å². The summed E-state index contributed by atoms with van der Waals surface area (Å²) in [4.78, 5) is 2.72. The van der Waals surface area contributed by atoms with Crippen LogP contribution in [0.15, 0.2) is 18.2 Å². The average molecular weight is 576 g/mol. The Bertz CT molecular complexity index is 1110. The summed E-state index contributed by atoms with van der Waals surface area (Å²) >= 11 is 0. The van der Waals surface area contributed by atoms with Crippen LogP contribution in [0, 0.1) is 25.7 Å². The Morgan fingerprint density at radius 3 is 2.52 bits per heavy atom. The molecule has 3 heterocycles. The van der Waals surface area contributed by atoms with Gasteiger partial charge >= 0.3 is 0 Å². The number of sulfonamides is 1. The van der Waals surface area contributed by atoms with Crippen LogP contribution in [0.4, 0.5) is 0 Å². The SMILES string of the molecule is Cc1cccc(C)c1C1CC2NC(N1)NS(=O)(=O)C1CCCC(C1)CN(C1CNC(C)(C)C1)[C@H](CC(C)C)CO2. The number of benzene rings is 1. The molecule has 3 saturated heterocycles. The van der Waals surface area contributed by atoms with Crippen molar-refractivity contribution < 1.29 is 13.2 Å². The van der Waals surface area contributed by atoms with Crippen LogP contribution in [-0.4, -0.2) is 68.4 Å². The van der Waals surface area contributed by atoms with Gasteiger partial charge in [-0.1, -0.05) is 38.5 Å². The first kappa shape index (κ1) is 30.4. The summed E-state index contributed by atoms with van der Waals surface area (Å²) in [7, 11) is -3.52. The fourth-order valence-electron chi connectivity index (χ4n) is 7.82. The summed E-state index contributed by atoms with van der Waals surface area (Å²) in [6, 6.07) is 7.07. The van der Waals surface area contributed by atoms with Gasteiger partial charge in [0, 0.05) is 43.2 Å². The summed E-state index contributed by atoms with van der Waals surface area (Å²) in [6.07, 6.45) is 5.58. The molecule has 1 aromatic rings. The fraction of sp³-hybridized carbons (Fsp3) is 0.806. The van der Waals surface area contributed by atoms with E-state index in [-0.39, 0.29) is 23.1 Å². The largest absolute Gasteiger partial charge is 0.362 e. The van der Waals surface area contributed by atoms with Crippen LogP contribution in [0.25, 0.3) is 0 Å². The second-order valence-corrected chi connectivity index (χ2v) is 16.1. The van der Waals surface area contributed by atoms with E-state index < -0.39 is 16.3 Å². The van der Waals surface area contributed by atoms with Crippen LogP contribution >= 0.6 is 0 Å². The van der Waals surface area contributed by atoms with E-state index in [4.69, 9.17) is 4.74 Å².